The molecular formula is C15H25NO6. The number of carbonyl (C=O) groups is 3. The summed E-state index contributed by atoms with van der Waals surface area (Å²) in [5.41, 5.74) is 0. The zero-order valence-corrected chi connectivity index (χ0v) is 13.4. The molecule has 0 amide bonds. The van der Waals surface area contributed by atoms with Gasteiger partial charge in [-0.1, -0.05) is 0 Å². The molecule has 1 rings (SSSR count). The minimum atomic E-state index is -0.453. The molecule has 1 heterocycles. The van der Waals surface area contributed by atoms with E-state index in [0.717, 1.165) is 12.8 Å². The standard InChI is InChI=1S/C15H25NO6/c1-20-12(17)8-5-10-4-6-11(7-9-13(18)21-2)16-14(10)15(19)22-3/h10-11,14,16H,4-9H2,1-3H3/t10-,11+,14+/m1/s1. The molecule has 3 atom stereocenters. The number of hydrogen-bond donors (Lipinski definition) is 1. The molecule has 0 aliphatic carbocycles. The second kappa shape index (κ2) is 9.40. The first-order chi connectivity index (χ1) is 10.5. The van der Waals surface area contributed by atoms with Crippen LogP contribution in [-0.4, -0.2) is 51.3 Å². The molecule has 0 unspecified atom stereocenters. The van der Waals surface area contributed by atoms with Crippen molar-refractivity contribution in [1.82, 2.24) is 5.32 Å². The second-order valence-corrected chi connectivity index (χ2v) is 5.43. The van der Waals surface area contributed by atoms with Gasteiger partial charge in [-0.15, -0.1) is 0 Å². The minimum Gasteiger partial charge on any atom is -0.469 e. The van der Waals surface area contributed by atoms with E-state index < -0.39 is 6.04 Å². The summed E-state index contributed by atoms with van der Waals surface area (Å²) in [6.45, 7) is 0. The van der Waals surface area contributed by atoms with Gasteiger partial charge < -0.3 is 19.5 Å². The van der Waals surface area contributed by atoms with Crippen LogP contribution in [0.25, 0.3) is 0 Å². The van der Waals surface area contributed by atoms with Crippen LogP contribution in [0.2, 0.25) is 0 Å². The van der Waals surface area contributed by atoms with Crippen LogP contribution in [0.5, 0.6) is 0 Å². The third kappa shape index (κ3) is 5.63. The maximum Gasteiger partial charge on any atom is 0.323 e. The highest BCUT2D eigenvalue weighted by molar-refractivity contribution is 5.76. The summed E-state index contributed by atoms with van der Waals surface area (Å²) >= 11 is 0. The Labute approximate surface area is 130 Å². The van der Waals surface area contributed by atoms with Crippen molar-refractivity contribution < 1.29 is 28.6 Å². The molecule has 1 N–H and O–H groups in total. The molecule has 1 aliphatic heterocycles. The van der Waals surface area contributed by atoms with E-state index in [1.54, 1.807) is 0 Å². The van der Waals surface area contributed by atoms with E-state index in [1.165, 1.54) is 21.3 Å². The lowest BCUT2D eigenvalue weighted by atomic mass is 9.83. The zero-order chi connectivity index (χ0) is 16.5. The van der Waals surface area contributed by atoms with Crippen molar-refractivity contribution in [2.24, 2.45) is 5.92 Å². The molecule has 1 saturated heterocycles. The molecule has 7 nitrogen and oxygen atoms in total. The van der Waals surface area contributed by atoms with E-state index >= 15 is 0 Å². The van der Waals surface area contributed by atoms with Crippen molar-refractivity contribution in [3.05, 3.63) is 0 Å². The van der Waals surface area contributed by atoms with Gasteiger partial charge in [-0.25, -0.2) is 0 Å². The molecule has 22 heavy (non-hydrogen) atoms. The summed E-state index contributed by atoms with van der Waals surface area (Å²) in [4.78, 5) is 34.4. The summed E-state index contributed by atoms with van der Waals surface area (Å²) in [7, 11) is 4.05. The molecular weight excluding hydrogens is 290 g/mol. The third-order valence-corrected chi connectivity index (χ3v) is 4.10. The minimum absolute atomic E-state index is 0.0286. The molecule has 0 aromatic carbocycles. The monoisotopic (exact) mass is 315 g/mol. The van der Waals surface area contributed by atoms with Gasteiger partial charge in [0.2, 0.25) is 0 Å². The van der Waals surface area contributed by atoms with Crippen molar-refractivity contribution in [3.63, 3.8) is 0 Å². The van der Waals surface area contributed by atoms with E-state index in [1.807, 2.05) is 0 Å². The number of esters is 3. The second-order valence-electron chi connectivity index (χ2n) is 5.43. The lowest BCUT2D eigenvalue weighted by Gasteiger charge is -2.35. The number of carbonyl (C=O) groups excluding carboxylic acids is 3. The summed E-state index contributed by atoms with van der Waals surface area (Å²) in [6.07, 6.45) is 3.43. The predicted octanol–water partition coefficient (Wildman–Crippen LogP) is 0.803. The van der Waals surface area contributed by atoms with Gasteiger partial charge >= 0.3 is 17.9 Å². The summed E-state index contributed by atoms with van der Waals surface area (Å²) in [5.74, 6) is -0.848. The number of nitrogens with one attached hydrogen (secondary N) is 1. The molecule has 1 aliphatic rings. The Morgan fingerprint density at radius 1 is 0.909 bits per heavy atom. The van der Waals surface area contributed by atoms with Gasteiger partial charge in [-0.05, 0) is 31.6 Å². The zero-order valence-electron chi connectivity index (χ0n) is 13.4. The van der Waals surface area contributed by atoms with Gasteiger partial charge in [0, 0.05) is 18.9 Å². The van der Waals surface area contributed by atoms with E-state index in [2.05, 4.69) is 14.8 Å². The Morgan fingerprint density at radius 3 is 2.05 bits per heavy atom. The smallest absolute Gasteiger partial charge is 0.323 e. The molecule has 0 saturated carbocycles. The van der Waals surface area contributed by atoms with Gasteiger partial charge in [0.05, 0.1) is 21.3 Å². The van der Waals surface area contributed by atoms with Gasteiger partial charge in [-0.2, -0.15) is 0 Å². The lowest BCUT2D eigenvalue weighted by molar-refractivity contribution is -0.147. The van der Waals surface area contributed by atoms with Crippen LogP contribution in [0, 0.1) is 5.92 Å². The predicted molar refractivity (Wildman–Crippen MR) is 78.0 cm³/mol. The van der Waals surface area contributed by atoms with Crippen LogP contribution >= 0.6 is 0 Å². The number of rotatable bonds is 7. The highest BCUT2D eigenvalue weighted by atomic mass is 16.5. The van der Waals surface area contributed by atoms with E-state index in [4.69, 9.17) is 4.74 Å². The van der Waals surface area contributed by atoms with Crippen molar-refractivity contribution >= 4 is 17.9 Å². The van der Waals surface area contributed by atoms with Gasteiger partial charge in [-0.3, -0.25) is 14.4 Å². The van der Waals surface area contributed by atoms with Crippen molar-refractivity contribution in [2.75, 3.05) is 21.3 Å². The van der Waals surface area contributed by atoms with E-state index in [9.17, 15) is 14.4 Å². The fourth-order valence-electron chi connectivity index (χ4n) is 2.78. The number of hydrogen-bond acceptors (Lipinski definition) is 7. The van der Waals surface area contributed by atoms with Crippen LogP contribution in [0.4, 0.5) is 0 Å². The van der Waals surface area contributed by atoms with Crippen LogP contribution in [-0.2, 0) is 28.6 Å². The average Bonchev–Trinajstić information content (AvgIpc) is 2.56. The van der Waals surface area contributed by atoms with Crippen LogP contribution in [0.3, 0.4) is 0 Å². The van der Waals surface area contributed by atoms with Gasteiger partial charge in [0.15, 0.2) is 0 Å². The van der Waals surface area contributed by atoms with Crippen molar-refractivity contribution in [2.45, 2.75) is 50.6 Å². The summed E-state index contributed by atoms with van der Waals surface area (Å²) in [5, 5.41) is 3.24. The molecule has 0 radical (unpaired) electrons. The van der Waals surface area contributed by atoms with E-state index in [-0.39, 0.29) is 36.3 Å². The van der Waals surface area contributed by atoms with Gasteiger partial charge in [0.1, 0.15) is 6.04 Å². The van der Waals surface area contributed by atoms with Crippen molar-refractivity contribution in [1.29, 1.82) is 0 Å². The topological polar surface area (TPSA) is 90.9 Å². The number of piperidine rings is 1. The van der Waals surface area contributed by atoms with Crippen LogP contribution < -0.4 is 5.32 Å². The fraction of sp³-hybridized carbons (Fsp3) is 0.800. The van der Waals surface area contributed by atoms with Crippen LogP contribution in [0.1, 0.15) is 38.5 Å². The highest BCUT2D eigenvalue weighted by Gasteiger charge is 2.35. The van der Waals surface area contributed by atoms with E-state index in [0.29, 0.717) is 19.3 Å². The Kier molecular flexibility index (Phi) is 7.87. The Bertz CT molecular complexity index is 397. The first-order valence-electron chi connectivity index (χ1n) is 7.49. The number of ether oxygens (including phenoxy) is 3. The van der Waals surface area contributed by atoms with Crippen molar-refractivity contribution in [3.8, 4) is 0 Å². The summed E-state index contributed by atoms with van der Waals surface area (Å²) in [6, 6.07) is -0.386. The molecule has 0 spiro atoms. The SMILES string of the molecule is COC(=O)CC[C@@H]1CC[C@H](CCC(=O)OC)[C@@H](C(=O)OC)N1. The third-order valence-electron chi connectivity index (χ3n) is 4.10. The largest absolute Gasteiger partial charge is 0.469 e. The Morgan fingerprint density at radius 2 is 1.50 bits per heavy atom. The Balaban J connectivity index is 2.56. The summed E-state index contributed by atoms with van der Waals surface area (Å²) < 4.78 is 14.1. The molecule has 7 heteroatoms. The molecule has 126 valence electrons. The fourth-order valence-corrected chi connectivity index (χ4v) is 2.78. The highest BCUT2D eigenvalue weighted by Crippen LogP contribution is 2.27. The molecule has 0 aromatic rings. The first-order valence-corrected chi connectivity index (χ1v) is 7.49. The molecule has 0 aromatic heterocycles. The maximum atomic E-state index is 11.9. The number of methoxy groups -OCH3 is 3. The average molecular weight is 315 g/mol. The lowest BCUT2D eigenvalue weighted by Crippen LogP contribution is -2.52. The van der Waals surface area contributed by atoms with Crippen LogP contribution in [0.15, 0.2) is 0 Å². The first kappa shape index (κ1) is 18.4. The maximum absolute atomic E-state index is 11.9. The quantitative estimate of drug-likeness (QED) is 0.549. The van der Waals surface area contributed by atoms with Gasteiger partial charge in [0.25, 0.3) is 0 Å². The molecule has 0 bridgehead atoms. The normalized spacial score (nSPS) is 24.4. The Hall–Kier alpha value is -1.63. The molecule has 1 fully saturated rings.